The number of amides is 1. The van der Waals surface area contributed by atoms with Gasteiger partial charge in [0.15, 0.2) is 0 Å². The van der Waals surface area contributed by atoms with Gasteiger partial charge >= 0.3 is 0 Å². The number of carbonyl (C=O) groups is 1. The maximum Gasteiger partial charge on any atom is 0.257 e. The molecule has 0 saturated carbocycles. The number of aromatic amines is 1. The van der Waals surface area contributed by atoms with E-state index in [-0.39, 0.29) is 5.91 Å². The number of aryl methyl sites for hydroxylation is 2. The lowest BCUT2D eigenvalue weighted by molar-refractivity contribution is 0.0769. The number of nitrogens with one attached hydrogen (secondary N) is 1. The fraction of sp³-hybridized carbons (Fsp3) is 0.455. The Morgan fingerprint density at radius 2 is 2.27 bits per heavy atom. The summed E-state index contributed by atoms with van der Waals surface area (Å²) in [6.07, 6.45) is 5.09. The van der Waals surface area contributed by atoms with Crippen molar-refractivity contribution < 1.29 is 4.79 Å². The number of carbonyl (C=O) groups excluding carboxylic acids is 1. The van der Waals surface area contributed by atoms with Gasteiger partial charge in [-0.3, -0.25) is 9.89 Å². The maximum absolute atomic E-state index is 12.1. The molecule has 0 spiro atoms. The molecule has 2 heterocycles. The van der Waals surface area contributed by atoms with E-state index >= 15 is 0 Å². The maximum atomic E-state index is 12.1. The van der Waals surface area contributed by atoms with Crippen molar-refractivity contribution in [2.75, 3.05) is 13.1 Å². The van der Waals surface area contributed by atoms with E-state index < -0.39 is 0 Å². The molecule has 0 fully saturated rings. The Balaban J connectivity index is 2.24. The highest BCUT2D eigenvalue weighted by atomic mass is 16.2. The summed E-state index contributed by atoms with van der Waals surface area (Å²) < 4.78 is 0. The Morgan fingerprint density at radius 1 is 1.47 bits per heavy atom. The predicted molar refractivity (Wildman–Crippen MR) is 57.7 cm³/mol. The summed E-state index contributed by atoms with van der Waals surface area (Å²) in [6.45, 7) is 5.26. The second-order valence-corrected chi connectivity index (χ2v) is 3.82. The molecular formula is C11H15N3O. The van der Waals surface area contributed by atoms with E-state index in [1.807, 2.05) is 24.8 Å². The van der Waals surface area contributed by atoms with E-state index in [4.69, 9.17) is 0 Å². The van der Waals surface area contributed by atoms with Crippen LogP contribution in [-0.2, 0) is 0 Å². The van der Waals surface area contributed by atoms with E-state index in [0.29, 0.717) is 6.54 Å². The van der Waals surface area contributed by atoms with Crippen LogP contribution in [0.5, 0.6) is 0 Å². The monoisotopic (exact) mass is 205 g/mol. The van der Waals surface area contributed by atoms with Crippen LogP contribution < -0.4 is 0 Å². The average molecular weight is 205 g/mol. The molecule has 1 amide bonds. The Kier molecular flexibility index (Phi) is 2.58. The molecule has 0 radical (unpaired) electrons. The molecular weight excluding hydrogens is 190 g/mol. The highest BCUT2D eigenvalue weighted by Gasteiger charge is 2.21. The fourth-order valence-electron chi connectivity index (χ4n) is 1.85. The Hall–Kier alpha value is -1.58. The molecule has 4 nitrogen and oxygen atoms in total. The summed E-state index contributed by atoms with van der Waals surface area (Å²) in [4.78, 5) is 14.0. The molecule has 0 unspecified atom stereocenters. The molecule has 1 N–H and O–H groups in total. The summed E-state index contributed by atoms with van der Waals surface area (Å²) in [5.41, 5.74) is 2.37. The second kappa shape index (κ2) is 3.88. The van der Waals surface area contributed by atoms with Gasteiger partial charge in [-0.25, -0.2) is 0 Å². The van der Waals surface area contributed by atoms with Crippen molar-refractivity contribution in [3.63, 3.8) is 0 Å². The van der Waals surface area contributed by atoms with Crippen LogP contribution in [0.3, 0.4) is 0 Å². The smallest absolute Gasteiger partial charge is 0.257 e. The zero-order valence-electron chi connectivity index (χ0n) is 9.08. The molecule has 4 heteroatoms. The van der Waals surface area contributed by atoms with E-state index in [2.05, 4.69) is 16.3 Å². The van der Waals surface area contributed by atoms with Gasteiger partial charge < -0.3 is 4.90 Å². The highest BCUT2D eigenvalue weighted by Crippen LogP contribution is 2.14. The van der Waals surface area contributed by atoms with Gasteiger partial charge in [-0.05, 0) is 20.3 Å². The Morgan fingerprint density at radius 3 is 2.80 bits per heavy atom. The number of hydrogen-bond donors (Lipinski definition) is 1. The minimum absolute atomic E-state index is 0.0862. The van der Waals surface area contributed by atoms with Crippen LogP contribution in [0.25, 0.3) is 0 Å². The molecule has 15 heavy (non-hydrogen) atoms. The third kappa shape index (κ3) is 1.79. The van der Waals surface area contributed by atoms with Gasteiger partial charge in [0, 0.05) is 18.8 Å². The predicted octanol–water partition coefficient (Wildman–Crippen LogP) is 1.43. The zero-order chi connectivity index (χ0) is 10.8. The molecule has 1 aliphatic heterocycles. The minimum atomic E-state index is 0.0862. The van der Waals surface area contributed by atoms with Crippen LogP contribution in [0.1, 0.15) is 28.2 Å². The number of rotatable bonds is 1. The number of H-pyrrole nitrogens is 1. The summed E-state index contributed by atoms with van der Waals surface area (Å²) in [5, 5.41) is 6.88. The van der Waals surface area contributed by atoms with Gasteiger partial charge in [-0.2, -0.15) is 5.10 Å². The largest absolute Gasteiger partial charge is 0.335 e. The summed E-state index contributed by atoms with van der Waals surface area (Å²) in [5.74, 6) is 0.0862. The molecule has 0 atom stereocenters. The minimum Gasteiger partial charge on any atom is -0.335 e. The number of aromatic nitrogens is 2. The van der Waals surface area contributed by atoms with Crippen LogP contribution in [0.4, 0.5) is 0 Å². The van der Waals surface area contributed by atoms with Crippen LogP contribution in [0.15, 0.2) is 12.2 Å². The Labute approximate surface area is 89.0 Å². The van der Waals surface area contributed by atoms with Crippen molar-refractivity contribution >= 4 is 5.91 Å². The van der Waals surface area contributed by atoms with E-state index in [9.17, 15) is 4.79 Å². The summed E-state index contributed by atoms with van der Waals surface area (Å²) >= 11 is 0. The van der Waals surface area contributed by atoms with Gasteiger partial charge in [0.05, 0.1) is 11.3 Å². The standard InChI is InChI=1S/C11H15N3O/c1-8-10(9(2)13-12-8)11(15)14-6-4-3-5-7-14/h3-4H,5-7H2,1-2H3,(H,12,13). The second-order valence-electron chi connectivity index (χ2n) is 3.82. The van der Waals surface area contributed by atoms with Gasteiger partial charge in [0.25, 0.3) is 5.91 Å². The third-order valence-electron chi connectivity index (χ3n) is 2.69. The number of nitrogens with zero attached hydrogens (tertiary/aromatic N) is 2. The lowest BCUT2D eigenvalue weighted by Crippen LogP contribution is -2.34. The van der Waals surface area contributed by atoms with Gasteiger partial charge in [-0.1, -0.05) is 12.2 Å². The van der Waals surface area contributed by atoms with Crippen molar-refractivity contribution in [1.82, 2.24) is 15.1 Å². The van der Waals surface area contributed by atoms with Crippen LogP contribution >= 0.6 is 0 Å². The molecule has 1 aromatic heterocycles. The SMILES string of the molecule is Cc1n[nH]c(C)c1C(=O)N1CC=CCC1. The first-order valence-electron chi connectivity index (χ1n) is 5.16. The van der Waals surface area contributed by atoms with E-state index in [1.165, 1.54) is 0 Å². The van der Waals surface area contributed by atoms with Crippen LogP contribution in [0.2, 0.25) is 0 Å². The molecule has 0 saturated heterocycles. The first-order chi connectivity index (χ1) is 7.20. The van der Waals surface area contributed by atoms with Gasteiger partial charge in [0.1, 0.15) is 0 Å². The molecule has 1 aromatic rings. The van der Waals surface area contributed by atoms with Crippen molar-refractivity contribution in [2.45, 2.75) is 20.3 Å². The fourth-order valence-corrected chi connectivity index (χ4v) is 1.85. The van der Waals surface area contributed by atoms with Crippen molar-refractivity contribution in [1.29, 1.82) is 0 Å². The molecule has 0 aromatic carbocycles. The average Bonchev–Trinajstić information content (AvgIpc) is 2.59. The van der Waals surface area contributed by atoms with E-state index in [1.54, 1.807) is 0 Å². The highest BCUT2D eigenvalue weighted by molar-refractivity contribution is 5.96. The van der Waals surface area contributed by atoms with Crippen molar-refractivity contribution in [3.05, 3.63) is 29.1 Å². The molecule has 80 valence electrons. The molecule has 0 aliphatic carbocycles. The molecule has 0 bridgehead atoms. The van der Waals surface area contributed by atoms with Gasteiger partial charge in [0.2, 0.25) is 0 Å². The number of hydrogen-bond acceptors (Lipinski definition) is 2. The quantitative estimate of drug-likeness (QED) is 0.705. The molecule has 1 aliphatic rings. The topological polar surface area (TPSA) is 49.0 Å². The van der Waals surface area contributed by atoms with Crippen molar-refractivity contribution in [2.24, 2.45) is 0 Å². The van der Waals surface area contributed by atoms with Crippen LogP contribution in [-0.4, -0.2) is 34.1 Å². The third-order valence-corrected chi connectivity index (χ3v) is 2.69. The normalized spacial score (nSPS) is 15.7. The molecule has 2 rings (SSSR count). The van der Waals surface area contributed by atoms with Crippen LogP contribution in [0, 0.1) is 13.8 Å². The zero-order valence-corrected chi connectivity index (χ0v) is 9.08. The first-order valence-corrected chi connectivity index (χ1v) is 5.16. The Bertz CT molecular complexity index is 386. The lowest BCUT2D eigenvalue weighted by atomic mass is 10.1. The lowest BCUT2D eigenvalue weighted by Gasteiger charge is -2.23. The van der Waals surface area contributed by atoms with Crippen molar-refractivity contribution in [3.8, 4) is 0 Å². The van der Waals surface area contributed by atoms with Gasteiger partial charge in [-0.15, -0.1) is 0 Å². The first kappa shape index (κ1) is 9.96. The van der Waals surface area contributed by atoms with E-state index in [0.717, 1.165) is 29.9 Å². The summed E-state index contributed by atoms with van der Waals surface area (Å²) in [6, 6.07) is 0. The summed E-state index contributed by atoms with van der Waals surface area (Å²) in [7, 11) is 0.